The van der Waals surface area contributed by atoms with Crippen LogP contribution in [0, 0.1) is 0 Å². The molecule has 3 rings (SSSR count). The third-order valence-electron chi connectivity index (χ3n) is 4.62. The Morgan fingerprint density at radius 3 is 2.70 bits per heavy atom. The summed E-state index contributed by atoms with van der Waals surface area (Å²) in [6.07, 6.45) is 3.69. The van der Waals surface area contributed by atoms with E-state index in [1.807, 2.05) is 11.8 Å². The van der Waals surface area contributed by atoms with Gasteiger partial charge in [-0.05, 0) is 48.5 Å². The van der Waals surface area contributed by atoms with Crippen molar-refractivity contribution >= 4 is 11.8 Å². The van der Waals surface area contributed by atoms with Gasteiger partial charge in [-0.1, -0.05) is 6.07 Å². The van der Waals surface area contributed by atoms with Crippen molar-refractivity contribution in [2.75, 3.05) is 51.3 Å². The van der Waals surface area contributed by atoms with Gasteiger partial charge in [0.15, 0.2) is 11.5 Å². The van der Waals surface area contributed by atoms with Crippen LogP contribution in [0.4, 0.5) is 0 Å². The summed E-state index contributed by atoms with van der Waals surface area (Å²) in [6, 6.07) is 6.43. The highest BCUT2D eigenvalue weighted by Gasteiger charge is 2.17. The molecule has 2 saturated heterocycles. The van der Waals surface area contributed by atoms with Gasteiger partial charge in [0.1, 0.15) is 6.10 Å². The van der Waals surface area contributed by atoms with Gasteiger partial charge in [-0.15, -0.1) is 0 Å². The molecule has 0 aromatic heterocycles. The second-order valence-corrected chi connectivity index (χ2v) is 7.48. The third kappa shape index (κ3) is 5.03. The molecule has 0 saturated carbocycles. The van der Waals surface area contributed by atoms with E-state index in [1.165, 1.54) is 17.1 Å². The molecule has 2 aliphatic rings. The summed E-state index contributed by atoms with van der Waals surface area (Å²) in [5.41, 5.74) is 1.33. The summed E-state index contributed by atoms with van der Waals surface area (Å²) in [7, 11) is 1.74. The quantitative estimate of drug-likeness (QED) is 0.863. The van der Waals surface area contributed by atoms with Crippen LogP contribution in [0.15, 0.2) is 18.2 Å². The topological polar surface area (TPSA) is 33.7 Å². The van der Waals surface area contributed by atoms with E-state index in [-0.39, 0.29) is 0 Å². The van der Waals surface area contributed by atoms with Crippen molar-refractivity contribution in [1.82, 2.24) is 10.2 Å². The molecule has 23 heavy (non-hydrogen) atoms. The average molecular weight is 337 g/mol. The Labute approximate surface area is 143 Å². The molecular formula is C18H28N2O2S. The molecule has 0 amide bonds. The minimum atomic E-state index is 0.344. The second-order valence-electron chi connectivity index (χ2n) is 6.26. The second kappa shape index (κ2) is 8.81. The van der Waals surface area contributed by atoms with Crippen LogP contribution in [-0.4, -0.2) is 62.3 Å². The van der Waals surface area contributed by atoms with Crippen LogP contribution in [0.25, 0.3) is 0 Å². The SMILES string of the molecule is COc1cc(CCN2CCNCC2)ccc1OC1CCSCC1. The van der Waals surface area contributed by atoms with Crippen molar-refractivity contribution in [3.05, 3.63) is 23.8 Å². The van der Waals surface area contributed by atoms with Gasteiger partial charge in [0.2, 0.25) is 0 Å². The van der Waals surface area contributed by atoms with Gasteiger partial charge in [-0.25, -0.2) is 0 Å². The predicted molar refractivity (Wildman–Crippen MR) is 97.0 cm³/mol. The lowest BCUT2D eigenvalue weighted by atomic mass is 10.1. The Morgan fingerprint density at radius 2 is 1.96 bits per heavy atom. The van der Waals surface area contributed by atoms with Crippen LogP contribution in [-0.2, 0) is 6.42 Å². The molecule has 0 radical (unpaired) electrons. The van der Waals surface area contributed by atoms with Crippen molar-refractivity contribution in [3.8, 4) is 11.5 Å². The van der Waals surface area contributed by atoms with E-state index in [9.17, 15) is 0 Å². The van der Waals surface area contributed by atoms with Gasteiger partial charge >= 0.3 is 0 Å². The fourth-order valence-corrected chi connectivity index (χ4v) is 4.22. The maximum absolute atomic E-state index is 6.17. The lowest BCUT2D eigenvalue weighted by Crippen LogP contribution is -2.44. The molecule has 4 nitrogen and oxygen atoms in total. The number of benzene rings is 1. The van der Waals surface area contributed by atoms with E-state index in [0.29, 0.717) is 6.10 Å². The number of piperazine rings is 1. The highest BCUT2D eigenvalue weighted by molar-refractivity contribution is 7.99. The molecule has 0 bridgehead atoms. The third-order valence-corrected chi connectivity index (χ3v) is 5.67. The molecular weight excluding hydrogens is 308 g/mol. The molecule has 2 heterocycles. The predicted octanol–water partition coefficient (Wildman–Crippen LogP) is 2.42. The number of rotatable bonds is 6. The van der Waals surface area contributed by atoms with E-state index in [2.05, 4.69) is 28.4 Å². The number of nitrogens with one attached hydrogen (secondary N) is 1. The van der Waals surface area contributed by atoms with Gasteiger partial charge in [0, 0.05) is 32.7 Å². The summed E-state index contributed by atoms with van der Waals surface area (Å²) >= 11 is 2.02. The number of ether oxygens (including phenoxy) is 2. The molecule has 0 spiro atoms. The Morgan fingerprint density at radius 1 is 1.17 bits per heavy atom. The minimum absolute atomic E-state index is 0.344. The van der Waals surface area contributed by atoms with Gasteiger partial charge in [-0.2, -0.15) is 11.8 Å². The van der Waals surface area contributed by atoms with Crippen LogP contribution in [0.1, 0.15) is 18.4 Å². The zero-order chi connectivity index (χ0) is 15.9. The Bertz CT molecular complexity index is 486. The summed E-state index contributed by atoms with van der Waals surface area (Å²) in [5.74, 6) is 4.18. The molecule has 0 aliphatic carbocycles. The Hall–Kier alpha value is -0.910. The molecule has 2 fully saturated rings. The number of methoxy groups -OCH3 is 1. The lowest BCUT2D eigenvalue weighted by Gasteiger charge is -2.27. The monoisotopic (exact) mass is 336 g/mol. The zero-order valence-electron chi connectivity index (χ0n) is 14.1. The van der Waals surface area contributed by atoms with Crippen LogP contribution >= 0.6 is 11.8 Å². The molecule has 0 unspecified atom stereocenters. The normalized spacial score (nSPS) is 20.4. The largest absolute Gasteiger partial charge is 0.493 e. The first-order valence-corrected chi connectivity index (χ1v) is 9.85. The number of hydrogen-bond donors (Lipinski definition) is 1. The molecule has 5 heteroatoms. The molecule has 0 atom stereocenters. The highest BCUT2D eigenvalue weighted by Crippen LogP contribution is 2.31. The van der Waals surface area contributed by atoms with Crippen LogP contribution < -0.4 is 14.8 Å². The smallest absolute Gasteiger partial charge is 0.161 e. The number of hydrogen-bond acceptors (Lipinski definition) is 5. The van der Waals surface area contributed by atoms with E-state index in [1.54, 1.807) is 7.11 Å². The van der Waals surface area contributed by atoms with Crippen molar-refractivity contribution in [2.24, 2.45) is 0 Å². The van der Waals surface area contributed by atoms with E-state index < -0.39 is 0 Å². The Balaban J connectivity index is 1.57. The van der Waals surface area contributed by atoms with Gasteiger partial charge in [0.25, 0.3) is 0 Å². The lowest BCUT2D eigenvalue weighted by molar-refractivity contribution is 0.184. The van der Waals surface area contributed by atoms with Crippen LogP contribution in [0.3, 0.4) is 0 Å². The van der Waals surface area contributed by atoms with Gasteiger partial charge < -0.3 is 19.7 Å². The molecule has 128 valence electrons. The first kappa shape index (κ1) is 16.9. The minimum Gasteiger partial charge on any atom is -0.493 e. The molecule has 1 aromatic rings. The molecule has 2 aliphatic heterocycles. The number of thioether (sulfide) groups is 1. The first-order valence-electron chi connectivity index (χ1n) is 8.69. The zero-order valence-corrected chi connectivity index (χ0v) is 14.9. The first-order chi connectivity index (χ1) is 11.3. The van der Waals surface area contributed by atoms with Crippen LogP contribution in [0.2, 0.25) is 0 Å². The van der Waals surface area contributed by atoms with Crippen molar-refractivity contribution in [3.63, 3.8) is 0 Å². The molecule has 1 N–H and O–H groups in total. The number of nitrogens with zero attached hydrogens (tertiary/aromatic N) is 1. The van der Waals surface area contributed by atoms with Gasteiger partial charge in [-0.3, -0.25) is 0 Å². The maximum Gasteiger partial charge on any atom is 0.161 e. The fraction of sp³-hybridized carbons (Fsp3) is 0.667. The standard InChI is InChI=1S/C18H28N2O2S/c1-21-18-14-15(4-9-20-10-7-19-8-11-20)2-3-17(18)22-16-5-12-23-13-6-16/h2-3,14,16,19H,4-13H2,1H3. The van der Waals surface area contributed by atoms with Gasteiger partial charge in [0.05, 0.1) is 7.11 Å². The van der Waals surface area contributed by atoms with Crippen molar-refractivity contribution < 1.29 is 9.47 Å². The van der Waals surface area contributed by atoms with Crippen molar-refractivity contribution in [1.29, 1.82) is 0 Å². The summed E-state index contributed by atoms with van der Waals surface area (Å²) in [5, 5.41) is 3.40. The van der Waals surface area contributed by atoms with E-state index >= 15 is 0 Å². The molecule has 1 aromatic carbocycles. The summed E-state index contributed by atoms with van der Waals surface area (Å²) < 4.78 is 11.7. The van der Waals surface area contributed by atoms with Crippen LogP contribution in [0.5, 0.6) is 11.5 Å². The highest BCUT2D eigenvalue weighted by atomic mass is 32.2. The Kier molecular flexibility index (Phi) is 6.48. The average Bonchev–Trinajstić information content (AvgIpc) is 2.62. The van der Waals surface area contributed by atoms with E-state index in [4.69, 9.17) is 9.47 Å². The maximum atomic E-state index is 6.17. The van der Waals surface area contributed by atoms with Crippen molar-refractivity contribution in [2.45, 2.75) is 25.4 Å². The van der Waals surface area contributed by atoms with E-state index in [0.717, 1.165) is 63.5 Å². The summed E-state index contributed by atoms with van der Waals surface area (Å²) in [6.45, 7) is 5.63. The summed E-state index contributed by atoms with van der Waals surface area (Å²) in [4.78, 5) is 2.52. The fourth-order valence-electron chi connectivity index (χ4n) is 3.16.